The molecule has 2 aliphatic heterocycles. The summed E-state index contributed by atoms with van der Waals surface area (Å²) in [7, 11) is -1.64. The Labute approximate surface area is 225 Å². The van der Waals surface area contributed by atoms with Crippen LogP contribution in [-0.4, -0.2) is 75.6 Å². The highest BCUT2D eigenvalue weighted by Gasteiger charge is 2.31. The van der Waals surface area contributed by atoms with E-state index in [4.69, 9.17) is 0 Å². The van der Waals surface area contributed by atoms with Gasteiger partial charge in [-0.15, -0.1) is 0 Å². The van der Waals surface area contributed by atoms with Crippen molar-refractivity contribution in [2.24, 2.45) is 5.92 Å². The van der Waals surface area contributed by atoms with E-state index in [1.807, 2.05) is 11.9 Å². The number of nitrogens with one attached hydrogen (secondary N) is 2. The molecule has 2 amide bonds. The van der Waals surface area contributed by atoms with E-state index in [0.717, 1.165) is 44.0 Å². The normalized spacial score (nSPS) is 19.2. The second kappa shape index (κ2) is 11.5. The highest BCUT2D eigenvalue weighted by atomic mass is 32.2. The van der Waals surface area contributed by atoms with Crippen molar-refractivity contribution in [3.05, 3.63) is 47.7 Å². The topological polar surface area (TPSA) is 112 Å². The van der Waals surface area contributed by atoms with Gasteiger partial charge in [-0.05, 0) is 63.0 Å². The van der Waals surface area contributed by atoms with Crippen LogP contribution in [0.3, 0.4) is 0 Å². The van der Waals surface area contributed by atoms with E-state index < -0.39 is 27.5 Å². The summed E-state index contributed by atoms with van der Waals surface area (Å²) in [6, 6.07) is 5.42. The fourth-order valence-corrected chi connectivity index (χ4v) is 5.54. The fourth-order valence-electron chi connectivity index (χ4n) is 4.97. The molecule has 2 aliphatic rings. The smallest absolute Gasteiger partial charge is 0.355 e. The minimum absolute atomic E-state index is 0.0263. The van der Waals surface area contributed by atoms with Gasteiger partial charge in [0.05, 0.1) is 16.1 Å². The Morgan fingerprint density at radius 3 is 2.44 bits per heavy atom. The summed E-state index contributed by atoms with van der Waals surface area (Å²) in [4.78, 5) is 33.7. The van der Waals surface area contributed by atoms with Crippen molar-refractivity contribution in [3.63, 3.8) is 0 Å². The van der Waals surface area contributed by atoms with Gasteiger partial charge < -0.3 is 20.4 Å². The molecule has 0 bridgehead atoms. The number of alkyl halides is 3. The molecule has 2 N–H and O–H groups in total. The van der Waals surface area contributed by atoms with E-state index in [1.54, 1.807) is 0 Å². The third-order valence-corrected chi connectivity index (χ3v) is 8.19. The quantitative estimate of drug-likeness (QED) is 0.529. The van der Waals surface area contributed by atoms with Crippen molar-refractivity contribution in [1.82, 2.24) is 15.2 Å². The number of aromatic nitrogens is 1. The zero-order valence-corrected chi connectivity index (χ0v) is 22.6. The fraction of sp³-hybridized carbons (Fsp3) is 0.500. The van der Waals surface area contributed by atoms with E-state index in [1.165, 1.54) is 18.3 Å². The van der Waals surface area contributed by atoms with Gasteiger partial charge in [0.2, 0.25) is 5.91 Å². The number of nitrogens with zero attached hydrogens (tertiary/aromatic N) is 3. The highest BCUT2D eigenvalue weighted by Crippen LogP contribution is 2.32. The Kier molecular flexibility index (Phi) is 8.50. The Hall–Kier alpha value is -3.19. The number of halogens is 3. The van der Waals surface area contributed by atoms with Gasteiger partial charge in [0.25, 0.3) is 5.91 Å². The average Bonchev–Trinajstić information content (AvgIpc) is 3.27. The number of pyridine rings is 1. The van der Waals surface area contributed by atoms with Crippen LogP contribution in [-0.2, 0) is 20.8 Å². The molecule has 13 heteroatoms. The van der Waals surface area contributed by atoms with Gasteiger partial charge in [0, 0.05) is 50.1 Å². The molecule has 4 rings (SSSR count). The molecule has 39 heavy (non-hydrogen) atoms. The second-order valence-electron chi connectivity index (χ2n) is 10.3. The molecular weight excluding hydrogens is 535 g/mol. The van der Waals surface area contributed by atoms with Gasteiger partial charge in [-0.1, -0.05) is 6.07 Å². The molecule has 1 aromatic carbocycles. The minimum Gasteiger partial charge on any atom is -0.355 e. The predicted molar refractivity (Wildman–Crippen MR) is 140 cm³/mol. The first kappa shape index (κ1) is 28.8. The van der Waals surface area contributed by atoms with Crippen LogP contribution in [0.25, 0.3) is 0 Å². The molecule has 1 aromatic heterocycles. The van der Waals surface area contributed by atoms with Crippen LogP contribution < -0.4 is 15.5 Å². The van der Waals surface area contributed by atoms with Crippen LogP contribution in [0.4, 0.5) is 24.7 Å². The molecule has 1 atom stereocenters. The van der Waals surface area contributed by atoms with E-state index in [-0.39, 0.29) is 34.0 Å². The van der Waals surface area contributed by atoms with Crippen LogP contribution in [0.2, 0.25) is 0 Å². The summed E-state index contributed by atoms with van der Waals surface area (Å²) in [5, 5.41) is 5.66. The molecule has 0 unspecified atom stereocenters. The van der Waals surface area contributed by atoms with Gasteiger partial charge in [0.1, 0.15) is 0 Å². The maximum atomic E-state index is 13.1. The lowest BCUT2D eigenvalue weighted by atomic mass is 9.93. The van der Waals surface area contributed by atoms with Crippen molar-refractivity contribution in [2.45, 2.75) is 42.8 Å². The average molecular weight is 568 g/mol. The lowest BCUT2D eigenvalue weighted by molar-refractivity contribution is -0.137. The number of carbonyl (C=O) groups excluding carboxylic acids is 2. The molecule has 0 saturated carbocycles. The number of carbonyl (C=O) groups is 2. The van der Waals surface area contributed by atoms with E-state index in [9.17, 15) is 31.2 Å². The maximum absolute atomic E-state index is 13.1. The zero-order valence-electron chi connectivity index (χ0n) is 21.8. The number of likely N-dealkylation sites (tertiary alicyclic amines) is 1. The van der Waals surface area contributed by atoms with Crippen LogP contribution in [0.5, 0.6) is 0 Å². The number of sulfone groups is 1. The van der Waals surface area contributed by atoms with Crippen LogP contribution in [0.1, 0.15) is 41.6 Å². The Morgan fingerprint density at radius 2 is 1.82 bits per heavy atom. The summed E-state index contributed by atoms with van der Waals surface area (Å²) in [5.74, 6) is -0.309. The summed E-state index contributed by atoms with van der Waals surface area (Å²) < 4.78 is 63.7. The first-order chi connectivity index (χ1) is 18.3. The molecule has 0 aliphatic carbocycles. The zero-order chi connectivity index (χ0) is 28.4. The molecular formula is C26H32F3N5O4S. The molecule has 0 radical (unpaired) electrons. The number of anilines is 2. The van der Waals surface area contributed by atoms with Crippen molar-refractivity contribution in [3.8, 4) is 0 Å². The Bertz CT molecular complexity index is 1330. The van der Waals surface area contributed by atoms with E-state index in [2.05, 4.69) is 20.5 Å². The number of likely N-dealkylation sites (N-methyl/N-ethyl adjacent to an activating group) is 1. The van der Waals surface area contributed by atoms with Gasteiger partial charge in [-0.25, -0.2) is 13.4 Å². The molecule has 9 nitrogen and oxygen atoms in total. The van der Waals surface area contributed by atoms with Gasteiger partial charge in [-0.3, -0.25) is 9.59 Å². The monoisotopic (exact) mass is 567 g/mol. The number of rotatable bonds is 7. The van der Waals surface area contributed by atoms with Crippen molar-refractivity contribution >= 4 is 33.2 Å². The van der Waals surface area contributed by atoms with Crippen molar-refractivity contribution in [1.29, 1.82) is 0 Å². The number of hydrogen-bond donors (Lipinski definition) is 2. The van der Waals surface area contributed by atoms with Gasteiger partial charge in [-0.2, -0.15) is 13.2 Å². The Morgan fingerprint density at radius 1 is 1.10 bits per heavy atom. The summed E-state index contributed by atoms with van der Waals surface area (Å²) in [6.45, 7) is 2.83. The molecule has 3 heterocycles. The minimum atomic E-state index is -4.62. The third kappa shape index (κ3) is 7.47. The Balaban J connectivity index is 1.46. The molecule has 0 spiro atoms. The summed E-state index contributed by atoms with van der Waals surface area (Å²) in [6.07, 6.45) is 0.306. The van der Waals surface area contributed by atoms with E-state index in [0.29, 0.717) is 38.2 Å². The number of piperidine rings is 1. The highest BCUT2D eigenvalue weighted by molar-refractivity contribution is 7.90. The van der Waals surface area contributed by atoms with Crippen LogP contribution >= 0.6 is 0 Å². The largest absolute Gasteiger partial charge is 0.416 e. The number of benzene rings is 1. The third-order valence-electron chi connectivity index (χ3n) is 7.11. The summed E-state index contributed by atoms with van der Waals surface area (Å²) >= 11 is 0. The lowest BCUT2D eigenvalue weighted by Gasteiger charge is -2.33. The molecule has 2 fully saturated rings. The van der Waals surface area contributed by atoms with Crippen molar-refractivity contribution < 1.29 is 31.2 Å². The SMILES string of the molecule is CN1CC[C@@H](NC(=O)CC2CCN(c3ncc(S(C)(=O)=O)cc3NC(=O)c3cccc(C(F)(F)F)c3)CC2)C1. The maximum Gasteiger partial charge on any atom is 0.416 e. The van der Waals surface area contributed by atoms with Gasteiger partial charge >= 0.3 is 6.18 Å². The first-order valence-electron chi connectivity index (χ1n) is 12.7. The van der Waals surface area contributed by atoms with Crippen LogP contribution in [0.15, 0.2) is 41.4 Å². The number of hydrogen-bond acceptors (Lipinski definition) is 7. The first-order valence-corrected chi connectivity index (χ1v) is 14.6. The van der Waals surface area contributed by atoms with Gasteiger partial charge in [0.15, 0.2) is 15.7 Å². The molecule has 212 valence electrons. The molecule has 2 aromatic rings. The predicted octanol–water partition coefficient (Wildman–Crippen LogP) is 3.18. The standard InChI is InChI=1S/C26H32F3N5O4S/c1-33-9-8-20(16-33)31-23(35)12-17-6-10-34(11-7-17)24-22(14-21(15-30-24)39(2,37)38)32-25(36)18-4-3-5-19(13-18)26(27,28)29/h3-5,13-15,17,20H,6-12,16H2,1-2H3,(H,31,35)(H,32,36)/t20-/m1/s1. The van der Waals surface area contributed by atoms with Crippen LogP contribution in [0, 0.1) is 5.92 Å². The van der Waals surface area contributed by atoms with E-state index >= 15 is 0 Å². The summed E-state index contributed by atoms with van der Waals surface area (Å²) in [5.41, 5.74) is -1.11. The molecule has 2 saturated heterocycles. The second-order valence-corrected chi connectivity index (χ2v) is 12.3. The number of amides is 2. The lowest BCUT2D eigenvalue weighted by Crippen LogP contribution is -2.40. The van der Waals surface area contributed by atoms with Crippen molar-refractivity contribution in [2.75, 3.05) is 49.7 Å².